The third kappa shape index (κ3) is 2.26. The Kier molecular flexibility index (Phi) is 2.40. The second kappa shape index (κ2) is 2.44. The zero-order valence-corrected chi connectivity index (χ0v) is 5.39. The lowest BCUT2D eigenvalue weighted by Gasteiger charge is -2.23. The van der Waals surface area contributed by atoms with Crippen LogP contribution in [0.2, 0.25) is 0 Å². The molecule has 8 heavy (non-hydrogen) atoms. The van der Waals surface area contributed by atoms with Gasteiger partial charge in [0.15, 0.2) is 0 Å². The molecule has 3 nitrogen and oxygen atoms in total. The highest BCUT2D eigenvalue weighted by Crippen LogP contribution is 2.00. The van der Waals surface area contributed by atoms with Crippen LogP contribution in [0, 0.1) is 0 Å². The Bertz CT molecular complexity index is 67.3. The predicted molar refractivity (Wildman–Crippen MR) is 33.1 cm³/mol. The Balaban J connectivity index is 3.62. The Labute approximate surface area is 49.7 Å². The summed E-state index contributed by atoms with van der Waals surface area (Å²) >= 11 is 0. The second-order valence-electron chi connectivity index (χ2n) is 2.29. The van der Waals surface area contributed by atoms with Gasteiger partial charge in [0.05, 0.1) is 11.8 Å². The summed E-state index contributed by atoms with van der Waals surface area (Å²) in [4.78, 5) is 0. The number of hydrogen-bond acceptors (Lipinski definition) is 3. The van der Waals surface area contributed by atoms with Crippen LogP contribution in [0.4, 0.5) is 0 Å². The minimum absolute atomic E-state index is 0.595. The monoisotopic (exact) mass is 118 g/mol. The summed E-state index contributed by atoms with van der Waals surface area (Å²) in [5.74, 6) is 0. The molecule has 0 amide bonds. The lowest BCUT2D eigenvalue weighted by Crippen LogP contribution is -2.55. The van der Waals surface area contributed by atoms with Gasteiger partial charge in [0, 0.05) is 0 Å². The first kappa shape index (κ1) is 7.88. The van der Waals surface area contributed by atoms with Crippen LogP contribution >= 0.6 is 0 Å². The summed E-state index contributed by atoms with van der Waals surface area (Å²) in [6.07, 6.45) is 0.00579. The molecule has 0 aromatic heterocycles. The van der Waals surface area contributed by atoms with Gasteiger partial charge in [0.25, 0.3) is 0 Å². The molecular formula is C5H14N2O. The van der Waals surface area contributed by atoms with Crippen LogP contribution in [-0.4, -0.2) is 16.9 Å². The molecule has 0 aromatic rings. The van der Waals surface area contributed by atoms with Crippen molar-refractivity contribution in [3.05, 3.63) is 0 Å². The fourth-order valence-corrected chi connectivity index (χ4v) is 0.440. The Morgan fingerprint density at radius 3 is 2.00 bits per heavy atom. The van der Waals surface area contributed by atoms with E-state index in [9.17, 15) is 0 Å². The molecule has 1 atom stereocenters. The van der Waals surface area contributed by atoms with E-state index in [1.807, 2.05) is 6.92 Å². The van der Waals surface area contributed by atoms with E-state index in [2.05, 4.69) is 0 Å². The van der Waals surface area contributed by atoms with E-state index in [1.54, 1.807) is 6.92 Å². The minimum atomic E-state index is -0.936. The molecule has 0 aliphatic rings. The molecule has 3 heteroatoms. The Morgan fingerprint density at radius 1 is 1.62 bits per heavy atom. The number of hydrogen-bond donors (Lipinski definition) is 3. The maximum atomic E-state index is 8.94. The van der Waals surface area contributed by atoms with Crippen molar-refractivity contribution >= 4 is 0 Å². The molecule has 0 aliphatic heterocycles. The van der Waals surface area contributed by atoms with Gasteiger partial charge in [-0.2, -0.15) is 0 Å². The van der Waals surface area contributed by atoms with Crippen molar-refractivity contribution in [3.8, 4) is 0 Å². The highest BCUT2D eigenvalue weighted by atomic mass is 16.3. The van der Waals surface area contributed by atoms with Crippen LogP contribution in [0.3, 0.4) is 0 Å². The van der Waals surface area contributed by atoms with Gasteiger partial charge in [-0.1, -0.05) is 6.92 Å². The standard InChI is InChI=1S/C5H14N2O/c1-3-4(8)5(2,6)7/h4,8H,3,6-7H2,1-2H3. The van der Waals surface area contributed by atoms with Crippen molar-refractivity contribution in [1.82, 2.24) is 0 Å². The van der Waals surface area contributed by atoms with Gasteiger partial charge in [0.1, 0.15) is 0 Å². The zero-order valence-electron chi connectivity index (χ0n) is 5.39. The van der Waals surface area contributed by atoms with Gasteiger partial charge in [-0.05, 0) is 13.3 Å². The van der Waals surface area contributed by atoms with Crippen molar-refractivity contribution in [2.24, 2.45) is 11.5 Å². The molecule has 0 saturated heterocycles. The molecule has 0 saturated carbocycles. The normalized spacial score (nSPS) is 16.1. The lowest BCUT2D eigenvalue weighted by molar-refractivity contribution is 0.0937. The van der Waals surface area contributed by atoms with E-state index >= 15 is 0 Å². The van der Waals surface area contributed by atoms with Gasteiger partial charge in [-0.3, -0.25) is 0 Å². The quantitative estimate of drug-likeness (QED) is 0.423. The van der Waals surface area contributed by atoms with Gasteiger partial charge < -0.3 is 16.6 Å². The van der Waals surface area contributed by atoms with E-state index in [0.29, 0.717) is 6.42 Å². The van der Waals surface area contributed by atoms with E-state index in [-0.39, 0.29) is 0 Å². The van der Waals surface area contributed by atoms with E-state index in [0.717, 1.165) is 0 Å². The van der Waals surface area contributed by atoms with Crippen LogP contribution in [0.15, 0.2) is 0 Å². The predicted octanol–water partition coefficient (Wildman–Crippen LogP) is -0.609. The number of rotatable bonds is 2. The van der Waals surface area contributed by atoms with Crippen LogP contribution in [0.1, 0.15) is 20.3 Å². The van der Waals surface area contributed by atoms with Crippen LogP contribution in [0.5, 0.6) is 0 Å². The molecule has 50 valence electrons. The van der Waals surface area contributed by atoms with E-state index in [4.69, 9.17) is 16.6 Å². The molecule has 5 N–H and O–H groups in total. The maximum absolute atomic E-state index is 8.94. The molecule has 0 spiro atoms. The summed E-state index contributed by atoms with van der Waals surface area (Å²) in [5, 5.41) is 8.94. The largest absolute Gasteiger partial charge is 0.390 e. The lowest BCUT2D eigenvalue weighted by atomic mass is 10.1. The van der Waals surface area contributed by atoms with Crippen LogP contribution in [0.25, 0.3) is 0 Å². The molecular weight excluding hydrogens is 104 g/mol. The Morgan fingerprint density at radius 2 is 2.00 bits per heavy atom. The first-order valence-electron chi connectivity index (χ1n) is 2.74. The summed E-state index contributed by atoms with van der Waals surface area (Å²) in [5.41, 5.74) is 9.70. The highest BCUT2D eigenvalue weighted by molar-refractivity contribution is 4.78. The fraction of sp³-hybridized carbons (Fsp3) is 1.00. The SMILES string of the molecule is CCC(O)C(C)(N)N. The van der Waals surface area contributed by atoms with Crippen molar-refractivity contribution in [2.75, 3.05) is 0 Å². The van der Waals surface area contributed by atoms with Crippen molar-refractivity contribution in [3.63, 3.8) is 0 Å². The third-order valence-corrected chi connectivity index (χ3v) is 1.10. The maximum Gasteiger partial charge on any atom is 0.0874 e. The molecule has 0 radical (unpaired) electrons. The van der Waals surface area contributed by atoms with Crippen molar-refractivity contribution < 1.29 is 5.11 Å². The summed E-state index contributed by atoms with van der Waals surface area (Å²) in [6, 6.07) is 0. The summed E-state index contributed by atoms with van der Waals surface area (Å²) < 4.78 is 0. The second-order valence-corrected chi connectivity index (χ2v) is 2.29. The van der Waals surface area contributed by atoms with Gasteiger partial charge in [-0.15, -0.1) is 0 Å². The summed E-state index contributed by atoms with van der Waals surface area (Å²) in [6.45, 7) is 3.43. The smallest absolute Gasteiger partial charge is 0.0874 e. The molecule has 0 aromatic carbocycles. The molecule has 0 fully saturated rings. The average molecular weight is 118 g/mol. The Hall–Kier alpha value is -0.120. The molecule has 0 heterocycles. The number of aliphatic hydroxyl groups is 1. The van der Waals surface area contributed by atoms with Gasteiger partial charge in [-0.25, -0.2) is 0 Å². The first-order chi connectivity index (χ1) is 3.48. The van der Waals surface area contributed by atoms with E-state index < -0.39 is 11.8 Å². The molecule has 0 rings (SSSR count). The highest BCUT2D eigenvalue weighted by Gasteiger charge is 2.20. The van der Waals surface area contributed by atoms with Crippen LogP contribution in [-0.2, 0) is 0 Å². The topological polar surface area (TPSA) is 72.3 Å². The number of aliphatic hydroxyl groups excluding tert-OH is 1. The molecule has 0 bridgehead atoms. The fourth-order valence-electron chi connectivity index (χ4n) is 0.440. The van der Waals surface area contributed by atoms with Gasteiger partial charge in [0.2, 0.25) is 0 Å². The molecule has 0 aliphatic carbocycles. The average Bonchev–Trinajstić information content (AvgIpc) is 1.62. The molecule has 1 unspecified atom stereocenters. The minimum Gasteiger partial charge on any atom is -0.390 e. The first-order valence-corrected chi connectivity index (χ1v) is 2.74. The third-order valence-electron chi connectivity index (χ3n) is 1.10. The van der Waals surface area contributed by atoms with Gasteiger partial charge >= 0.3 is 0 Å². The van der Waals surface area contributed by atoms with Crippen molar-refractivity contribution in [1.29, 1.82) is 0 Å². The van der Waals surface area contributed by atoms with E-state index in [1.165, 1.54) is 0 Å². The van der Waals surface area contributed by atoms with Crippen molar-refractivity contribution in [2.45, 2.75) is 32.0 Å². The zero-order chi connectivity index (χ0) is 6.78. The summed E-state index contributed by atoms with van der Waals surface area (Å²) in [7, 11) is 0. The van der Waals surface area contributed by atoms with Crippen LogP contribution < -0.4 is 11.5 Å². The number of nitrogens with two attached hydrogens (primary N) is 2.